The summed E-state index contributed by atoms with van der Waals surface area (Å²) in [4.78, 5) is 0. The highest BCUT2D eigenvalue weighted by Gasteiger charge is 2.20. The molecule has 1 heterocycles. The van der Waals surface area contributed by atoms with Crippen LogP contribution in [0.2, 0.25) is 5.02 Å². The van der Waals surface area contributed by atoms with Gasteiger partial charge in [0.15, 0.2) is 0 Å². The fraction of sp³-hybridized carbons (Fsp3) is 0.643. The fourth-order valence-electron chi connectivity index (χ4n) is 2.68. The summed E-state index contributed by atoms with van der Waals surface area (Å²) in [5.41, 5.74) is 2.66. The van der Waals surface area contributed by atoms with Crippen LogP contribution in [0.25, 0.3) is 0 Å². The molecule has 4 heteroatoms. The van der Waals surface area contributed by atoms with Crippen LogP contribution in [0.15, 0.2) is 17.8 Å². The summed E-state index contributed by atoms with van der Waals surface area (Å²) in [6.07, 6.45) is 10.3. The molecular formula is C14H22ClN3. The lowest BCUT2D eigenvalue weighted by Crippen LogP contribution is -2.24. The highest BCUT2D eigenvalue weighted by molar-refractivity contribution is 6.31. The Bertz CT molecular complexity index is 403. The molecule has 1 N–H and O–H groups in total. The van der Waals surface area contributed by atoms with Gasteiger partial charge in [-0.1, -0.05) is 30.2 Å². The molecule has 0 fully saturated rings. The van der Waals surface area contributed by atoms with Crippen molar-refractivity contribution in [2.45, 2.75) is 45.1 Å². The SMILES string of the molecule is CCNC(CC1=CCCCC1)c1c(Cl)cnn1C. The van der Waals surface area contributed by atoms with Crippen LogP contribution in [0, 0.1) is 0 Å². The highest BCUT2D eigenvalue weighted by Crippen LogP contribution is 2.30. The zero-order valence-corrected chi connectivity index (χ0v) is 12.0. The van der Waals surface area contributed by atoms with Crippen LogP contribution in [-0.2, 0) is 7.05 Å². The Kier molecular flexibility index (Phi) is 4.84. The molecule has 1 aromatic rings. The summed E-state index contributed by atoms with van der Waals surface area (Å²) >= 11 is 6.25. The highest BCUT2D eigenvalue weighted by atomic mass is 35.5. The number of hydrogen-bond donors (Lipinski definition) is 1. The van der Waals surface area contributed by atoms with Crippen LogP contribution >= 0.6 is 11.6 Å². The minimum atomic E-state index is 0.277. The Hall–Kier alpha value is -0.800. The number of halogens is 1. The summed E-state index contributed by atoms with van der Waals surface area (Å²) in [5.74, 6) is 0. The van der Waals surface area contributed by atoms with Gasteiger partial charge in [0.1, 0.15) is 0 Å². The fourth-order valence-corrected chi connectivity index (χ4v) is 2.97. The van der Waals surface area contributed by atoms with Gasteiger partial charge in [-0.25, -0.2) is 0 Å². The lowest BCUT2D eigenvalue weighted by Gasteiger charge is -2.22. The maximum absolute atomic E-state index is 6.25. The van der Waals surface area contributed by atoms with Crippen LogP contribution in [0.4, 0.5) is 0 Å². The van der Waals surface area contributed by atoms with Gasteiger partial charge in [-0.2, -0.15) is 5.10 Å². The van der Waals surface area contributed by atoms with Crippen molar-refractivity contribution in [2.24, 2.45) is 7.05 Å². The summed E-state index contributed by atoms with van der Waals surface area (Å²) in [6.45, 7) is 3.08. The van der Waals surface area contributed by atoms with Crippen molar-refractivity contribution in [3.63, 3.8) is 0 Å². The number of allylic oxidation sites excluding steroid dienone is 1. The largest absolute Gasteiger partial charge is 0.309 e. The third-order valence-electron chi connectivity index (χ3n) is 3.57. The molecule has 0 saturated carbocycles. The van der Waals surface area contributed by atoms with Crippen LogP contribution in [0.1, 0.15) is 50.8 Å². The Labute approximate surface area is 114 Å². The molecule has 1 aliphatic rings. The molecule has 3 nitrogen and oxygen atoms in total. The minimum Gasteiger partial charge on any atom is -0.309 e. The number of nitrogens with zero attached hydrogens (tertiary/aromatic N) is 2. The Morgan fingerprint density at radius 1 is 1.50 bits per heavy atom. The quantitative estimate of drug-likeness (QED) is 0.826. The van der Waals surface area contributed by atoms with Gasteiger partial charge in [0, 0.05) is 7.05 Å². The van der Waals surface area contributed by atoms with E-state index in [2.05, 4.69) is 23.4 Å². The van der Waals surface area contributed by atoms with E-state index in [0.717, 1.165) is 23.7 Å². The number of aryl methyl sites for hydroxylation is 1. The van der Waals surface area contributed by atoms with E-state index in [1.54, 1.807) is 11.8 Å². The summed E-state index contributed by atoms with van der Waals surface area (Å²) in [6, 6.07) is 0.277. The van der Waals surface area contributed by atoms with Crippen molar-refractivity contribution >= 4 is 11.6 Å². The summed E-state index contributed by atoms with van der Waals surface area (Å²) in [7, 11) is 1.96. The molecule has 0 aliphatic heterocycles. The molecular weight excluding hydrogens is 246 g/mol. The second kappa shape index (κ2) is 6.39. The first kappa shape index (κ1) is 13.6. The molecule has 1 unspecified atom stereocenters. The molecule has 100 valence electrons. The lowest BCUT2D eigenvalue weighted by molar-refractivity contribution is 0.493. The van der Waals surface area contributed by atoms with Crippen LogP contribution in [0.3, 0.4) is 0 Å². The molecule has 0 amide bonds. The molecule has 0 bridgehead atoms. The van der Waals surface area contributed by atoms with E-state index in [0.29, 0.717) is 0 Å². The molecule has 0 radical (unpaired) electrons. The van der Waals surface area contributed by atoms with Gasteiger partial charge in [-0.15, -0.1) is 0 Å². The first-order valence-electron chi connectivity index (χ1n) is 6.81. The molecule has 2 rings (SSSR count). The van der Waals surface area contributed by atoms with Crippen molar-refractivity contribution in [1.29, 1.82) is 0 Å². The van der Waals surface area contributed by atoms with E-state index in [-0.39, 0.29) is 6.04 Å². The predicted octanol–water partition coefficient (Wildman–Crippen LogP) is 3.61. The maximum atomic E-state index is 6.25. The standard InChI is InChI=1S/C14H22ClN3/c1-3-16-13(9-11-7-5-4-6-8-11)14-12(15)10-17-18(14)2/h7,10,13,16H,3-6,8-9H2,1-2H3. The molecule has 18 heavy (non-hydrogen) atoms. The number of nitrogens with one attached hydrogen (secondary N) is 1. The summed E-state index contributed by atoms with van der Waals surface area (Å²) < 4.78 is 1.89. The predicted molar refractivity (Wildman–Crippen MR) is 75.8 cm³/mol. The van der Waals surface area contributed by atoms with Gasteiger partial charge in [0.05, 0.1) is 23.0 Å². The normalized spacial score (nSPS) is 17.6. The van der Waals surface area contributed by atoms with E-state index in [1.165, 1.54) is 25.7 Å². The first-order chi connectivity index (χ1) is 8.72. The van der Waals surface area contributed by atoms with E-state index in [4.69, 9.17) is 11.6 Å². The molecule has 0 spiro atoms. The van der Waals surface area contributed by atoms with Crippen LogP contribution in [0.5, 0.6) is 0 Å². The van der Waals surface area contributed by atoms with Crippen molar-refractivity contribution in [3.8, 4) is 0 Å². The van der Waals surface area contributed by atoms with Gasteiger partial charge in [-0.3, -0.25) is 4.68 Å². The van der Waals surface area contributed by atoms with Crippen molar-refractivity contribution in [2.75, 3.05) is 6.54 Å². The molecule has 1 aromatic heterocycles. The maximum Gasteiger partial charge on any atom is 0.0834 e. The molecule has 0 saturated heterocycles. The van der Waals surface area contributed by atoms with Gasteiger partial charge in [-0.05, 0) is 38.6 Å². The van der Waals surface area contributed by atoms with Gasteiger partial charge in [0.2, 0.25) is 0 Å². The van der Waals surface area contributed by atoms with Crippen LogP contribution in [-0.4, -0.2) is 16.3 Å². The third kappa shape index (κ3) is 3.15. The summed E-state index contributed by atoms with van der Waals surface area (Å²) in [5, 5.41) is 8.53. The van der Waals surface area contributed by atoms with Crippen molar-refractivity contribution in [3.05, 3.63) is 28.6 Å². The Morgan fingerprint density at radius 3 is 2.89 bits per heavy atom. The Balaban J connectivity index is 2.15. The van der Waals surface area contributed by atoms with E-state index in [9.17, 15) is 0 Å². The second-order valence-electron chi connectivity index (χ2n) is 4.92. The monoisotopic (exact) mass is 267 g/mol. The van der Waals surface area contributed by atoms with E-state index >= 15 is 0 Å². The second-order valence-corrected chi connectivity index (χ2v) is 5.33. The average molecular weight is 268 g/mol. The Morgan fingerprint density at radius 2 is 2.33 bits per heavy atom. The minimum absolute atomic E-state index is 0.277. The van der Waals surface area contributed by atoms with Crippen molar-refractivity contribution < 1.29 is 0 Å². The van der Waals surface area contributed by atoms with Gasteiger partial charge in [0.25, 0.3) is 0 Å². The van der Waals surface area contributed by atoms with Crippen LogP contribution < -0.4 is 5.32 Å². The topological polar surface area (TPSA) is 29.9 Å². The molecule has 0 aromatic carbocycles. The molecule has 1 aliphatic carbocycles. The average Bonchev–Trinajstić information content (AvgIpc) is 2.70. The zero-order valence-electron chi connectivity index (χ0n) is 11.2. The molecule has 1 atom stereocenters. The van der Waals surface area contributed by atoms with E-state index < -0.39 is 0 Å². The van der Waals surface area contributed by atoms with Crippen molar-refractivity contribution in [1.82, 2.24) is 15.1 Å². The first-order valence-corrected chi connectivity index (χ1v) is 7.18. The third-order valence-corrected chi connectivity index (χ3v) is 3.86. The number of aromatic nitrogens is 2. The lowest BCUT2D eigenvalue weighted by atomic mass is 9.93. The zero-order chi connectivity index (χ0) is 13.0. The smallest absolute Gasteiger partial charge is 0.0834 e. The van der Waals surface area contributed by atoms with Gasteiger partial charge < -0.3 is 5.32 Å². The van der Waals surface area contributed by atoms with E-state index in [1.807, 2.05) is 11.7 Å². The number of hydrogen-bond acceptors (Lipinski definition) is 2. The number of rotatable bonds is 5. The van der Waals surface area contributed by atoms with Gasteiger partial charge >= 0.3 is 0 Å².